The molecule has 1 heterocycles. The van der Waals surface area contributed by atoms with Crippen molar-refractivity contribution in [3.05, 3.63) is 52.0 Å². The van der Waals surface area contributed by atoms with Crippen LogP contribution >= 0.6 is 11.3 Å². The average Bonchev–Trinajstić information content (AvgIpc) is 2.92. The van der Waals surface area contributed by atoms with Crippen molar-refractivity contribution >= 4 is 11.3 Å². The Balaban J connectivity index is 1.97. The number of hydrogen-bond donors (Lipinski definition) is 1. The van der Waals surface area contributed by atoms with Gasteiger partial charge >= 0.3 is 0 Å². The first-order valence-corrected chi connectivity index (χ1v) is 8.35. The molecule has 0 aliphatic heterocycles. The summed E-state index contributed by atoms with van der Waals surface area (Å²) in [4.78, 5) is 4.43. The van der Waals surface area contributed by atoms with Crippen LogP contribution < -0.4 is 5.32 Å². The smallest absolute Gasteiger partial charge is 0.0794 e. The van der Waals surface area contributed by atoms with Crippen molar-refractivity contribution in [1.29, 1.82) is 0 Å². The zero-order valence-corrected chi connectivity index (χ0v) is 13.2. The molecule has 0 amide bonds. The van der Waals surface area contributed by atoms with Crippen molar-refractivity contribution in [2.24, 2.45) is 5.92 Å². The minimum absolute atomic E-state index is 0.616. The van der Waals surface area contributed by atoms with Gasteiger partial charge in [0.25, 0.3) is 0 Å². The van der Waals surface area contributed by atoms with Crippen molar-refractivity contribution < 1.29 is 0 Å². The van der Waals surface area contributed by atoms with E-state index in [0.717, 1.165) is 25.9 Å². The van der Waals surface area contributed by atoms with E-state index in [9.17, 15) is 0 Å². The lowest BCUT2D eigenvalue weighted by molar-refractivity contribution is 0.467. The SMILES string of the molecule is CCCNCC(Cc1cccc(C)c1)Cc1cscn1. The third kappa shape index (κ3) is 5.06. The van der Waals surface area contributed by atoms with E-state index in [1.165, 1.54) is 23.2 Å². The number of nitrogens with one attached hydrogen (secondary N) is 1. The number of hydrogen-bond acceptors (Lipinski definition) is 3. The fourth-order valence-corrected chi connectivity index (χ4v) is 3.08. The highest BCUT2D eigenvalue weighted by Gasteiger charge is 2.12. The maximum atomic E-state index is 4.43. The van der Waals surface area contributed by atoms with Gasteiger partial charge in [0.2, 0.25) is 0 Å². The molecule has 2 aromatic rings. The van der Waals surface area contributed by atoms with Gasteiger partial charge in [0, 0.05) is 5.38 Å². The fraction of sp³-hybridized carbons (Fsp3) is 0.471. The summed E-state index contributed by atoms with van der Waals surface area (Å²) in [5.41, 5.74) is 5.93. The summed E-state index contributed by atoms with van der Waals surface area (Å²) in [5.74, 6) is 0.616. The van der Waals surface area contributed by atoms with Gasteiger partial charge in [-0.2, -0.15) is 0 Å². The molecule has 1 aromatic carbocycles. The summed E-state index contributed by atoms with van der Waals surface area (Å²) in [7, 11) is 0. The van der Waals surface area contributed by atoms with Crippen LogP contribution in [0.15, 0.2) is 35.2 Å². The second kappa shape index (κ2) is 8.18. The summed E-state index contributed by atoms with van der Waals surface area (Å²) < 4.78 is 0. The first-order chi connectivity index (χ1) is 9.78. The van der Waals surface area contributed by atoms with Gasteiger partial charge in [-0.3, -0.25) is 0 Å². The fourth-order valence-electron chi connectivity index (χ4n) is 2.51. The molecule has 0 aliphatic carbocycles. The molecule has 0 aliphatic rings. The minimum Gasteiger partial charge on any atom is -0.316 e. The quantitative estimate of drug-likeness (QED) is 0.746. The highest BCUT2D eigenvalue weighted by Crippen LogP contribution is 2.15. The van der Waals surface area contributed by atoms with Gasteiger partial charge in [0.15, 0.2) is 0 Å². The number of aryl methyl sites for hydroxylation is 1. The van der Waals surface area contributed by atoms with Gasteiger partial charge in [-0.15, -0.1) is 11.3 Å². The predicted molar refractivity (Wildman–Crippen MR) is 87.4 cm³/mol. The molecule has 0 fully saturated rings. The Morgan fingerprint density at radius 2 is 2.20 bits per heavy atom. The summed E-state index contributed by atoms with van der Waals surface area (Å²) in [6.45, 7) is 6.54. The molecule has 0 saturated heterocycles. The summed E-state index contributed by atoms with van der Waals surface area (Å²) >= 11 is 1.69. The topological polar surface area (TPSA) is 24.9 Å². The Labute approximate surface area is 126 Å². The Morgan fingerprint density at radius 1 is 1.30 bits per heavy atom. The van der Waals surface area contributed by atoms with Crippen molar-refractivity contribution in [3.8, 4) is 0 Å². The predicted octanol–water partition coefficient (Wildman–Crippen LogP) is 3.85. The summed E-state index contributed by atoms with van der Waals surface area (Å²) in [6, 6.07) is 8.85. The summed E-state index contributed by atoms with van der Waals surface area (Å²) in [5, 5.41) is 5.73. The maximum Gasteiger partial charge on any atom is 0.0794 e. The van der Waals surface area contributed by atoms with E-state index >= 15 is 0 Å². The van der Waals surface area contributed by atoms with Crippen LogP contribution in [0.4, 0.5) is 0 Å². The first kappa shape index (κ1) is 15.2. The Bertz CT molecular complexity index is 493. The summed E-state index contributed by atoms with van der Waals surface area (Å²) in [6.07, 6.45) is 3.37. The molecule has 2 rings (SSSR count). The van der Waals surface area contributed by atoms with Crippen LogP contribution in [-0.2, 0) is 12.8 Å². The Kier molecular flexibility index (Phi) is 6.22. The molecule has 1 unspecified atom stereocenters. The normalized spacial score (nSPS) is 12.5. The molecule has 108 valence electrons. The number of benzene rings is 1. The molecule has 0 spiro atoms. The Hall–Kier alpha value is -1.19. The number of thiazole rings is 1. The van der Waals surface area contributed by atoms with Crippen molar-refractivity contribution in [3.63, 3.8) is 0 Å². The van der Waals surface area contributed by atoms with Gasteiger partial charge in [0.1, 0.15) is 0 Å². The second-order valence-corrected chi connectivity index (χ2v) is 6.17. The molecule has 1 atom stereocenters. The van der Waals surface area contributed by atoms with Crippen LogP contribution in [0.25, 0.3) is 0 Å². The largest absolute Gasteiger partial charge is 0.316 e. The maximum absolute atomic E-state index is 4.43. The average molecular weight is 288 g/mol. The van der Waals surface area contributed by atoms with E-state index in [-0.39, 0.29) is 0 Å². The van der Waals surface area contributed by atoms with Crippen molar-refractivity contribution in [2.75, 3.05) is 13.1 Å². The number of rotatable bonds is 8. The zero-order chi connectivity index (χ0) is 14.2. The van der Waals surface area contributed by atoms with Crippen LogP contribution in [0.1, 0.15) is 30.2 Å². The molecule has 1 aromatic heterocycles. The number of nitrogens with zero attached hydrogens (tertiary/aromatic N) is 1. The van der Waals surface area contributed by atoms with Gasteiger partial charge < -0.3 is 5.32 Å². The Morgan fingerprint density at radius 3 is 2.90 bits per heavy atom. The van der Waals surface area contributed by atoms with Crippen LogP contribution in [0.3, 0.4) is 0 Å². The molecular weight excluding hydrogens is 264 g/mol. The molecule has 2 nitrogen and oxygen atoms in total. The van der Waals surface area contributed by atoms with Crippen LogP contribution in [0, 0.1) is 12.8 Å². The third-order valence-electron chi connectivity index (χ3n) is 3.45. The van der Waals surface area contributed by atoms with E-state index in [4.69, 9.17) is 0 Å². The molecule has 0 bridgehead atoms. The molecule has 0 radical (unpaired) electrons. The van der Waals surface area contributed by atoms with E-state index in [2.05, 4.69) is 53.8 Å². The standard InChI is InChI=1S/C17H24N2S/c1-3-7-18-11-16(10-17-12-20-13-19-17)9-15-6-4-5-14(2)8-15/h4-6,8,12-13,16,18H,3,7,9-11H2,1-2H3. The van der Waals surface area contributed by atoms with Crippen molar-refractivity contribution in [1.82, 2.24) is 10.3 Å². The first-order valence-electron chi connectivity index (χ1n) is 7.41. The lowest BCUT2D eigenvalue weighted by Crippen LogP contribution is -2.26. The van der Waals surface area contributed by atoms with Gasteiger partial charge in [0.05, 0.1) is 11.2 Å². The lowest BCUT2D eigenvalue weighted by atomic mass is 9.94. The lowest BCUT2D eigenvalue weighted by Gasteiger charge is -2.17. The van der Waals surface area contributed by atoms with Crippen LogP contribution in [0.2, 0.25) is 0 Å². The molecule has 3 heteroatoms. The van der Waals surface area contributed by atoms with E-state index in [0.29, 0.717) is 5.92 Å². The third-order valence-corrected chi connectivity index (χ3v) is 4.08. The molecule has 20 heavy (non-hydrogen) atoms. The van der Waals surface area contributed by atoms with Crippen LogP contribution in [-0.4, -0.2) is 18.1 Å². The van der Waals surface area contributed by atoms with Crippen LogP contribution in [0.5, 0.6) is 0 Å². The van der Waals surface area contributed by atoms with Crippen molar-refractivity contribution in [2.45, 2.75) is 33.1 Å². The van der Waals surface area contributed by atoms with E-state index in [1.807, 2.05) is 5.51 Å². The monoisotopic (exact) mass is 288 g/mol. The van der Waals surface area contributed by atoms with E-state index in [1.54, 1.807) is 11.3 Å². The highest BCUT2D eigenvalue weighted by atomic mass is 32.1. The zero-order valence-electron chi connectivity index (χ0n) is 12.4. The second-order valence-electron chi connectivity index (χ2n) is 5.45. The number of aromatic nitrogens is 1. The van der Waals surface area contributed by atoms with Gasteiger partial charge in [-0.05, 0) is 50.8 Å². The molecule has 1 N–H and O–H groups in total. The van der Waals surface area contributed by atoms with Gasteiger partial charge in [-0.25, -0.2) is 4.98 Å². The highest BCUT2D eigenvalue weighted by molar-refractivity contribution is 7.07. The van der Waals surface area contributed by atoms with E-state index < -0.39 is 0 Å². The molecule has 0 saturated carbocycles. The molecular formula is C17H24N2S. The van der Waals surface area contributed by atoms with Gasteiger partial charge in [-0.1, -0.05) is 36.8 Å². The minimum atomic E-state index is 0.616.